The summed E-state index contributed by atoms with van der Waals surface area (Å²) in [6.45, 7) is 5.33. The maximum absolute atomic E-state index is 13.5. The molecule has 0 spiro atoms. The van der Waals surface area contributed by atoms with Crippen LogP contribution in [0.25, 0.3) is 5.69 Å². The number of ether oxygens (including phenoxy) is 2. The summed E-state index contributed by atoms with van der Waals surface area (Å²) in [5.74, 6) is -0.225. The van der Waals surface area contributed by atoms with Crippen LogP contribution in [0.4, 0.5) is 5.82 Å². The molecular formula is C27H34N4O4. The van der Waals surface area contributed by atoms with Crippen LogP contribution in [0, 0.1) is 12.8 Å². The molecule has 8 heteroatoms. The smallest absolute Gasteiger partial charge is 0.251 e. The number of carbonyl (C=O) groups excluding carboxylic acids is 2. The normalized spacial score (nSPS) is 16.9. The van der Waals surface area contributed by atoms with Crippen molar-refractivity contribution >= 4 is 17.5 Å². The Balaban J connectivity index is 1.63. The van der Waals surface area contributed by atoms with Gasteiger partial charge in [0, 0.05) is 24.1 Å². The van der Waals surface area contributed by atoms with Crippen molar-refractivity contribution in [3.8, 4) is 11.6 Å². The number of allylic oxidation sites excluding steroid dienone is 4. The number of nitrogens with zero attached hydrogens (tertiary/aromatic N) is 2. The van der Waals surface area contributed by atoms with Crippen LogP contribution >= 0.6 is 0 Å². The molecule has 1 aromatic heterocycles. The number of nitrogens with two attached hydrogens (primary N) is 1. The van der Waals surface area contributed by atoms with Gasteiger partial charge in [0.15, 0.2) is 5.78 Å². The lowest BCUT2D eigenvalue weighted by Crippen LogP contribution is -2.25. The highest BCUT2D eigenvalue weighted by Gasteiger charge is 2.30. The van der Waals surface area contributed by atoms with Crippen molar-refractivity contribution in [1.82, 2.24) is 15.1 Å². The fraction of sp³-hybridized carbons (Fsp3) is 0.444. The standard InChI is InChI=1S/C27H34N4O4/c1-3-4-14-34-15-16-35-27-23(24(32)19-8-6-5-7-9-19)25(28)31(30-27)22-17-20(11-10-18(22)2)26(33)29-21-12-13-21/h5-8,10-11,17,19,21H,3-4,9,12-16,28H2,1-2H3,(H,29,33). The summed E-state index contributed by atoms with van der Waals surface area (Å²) in [7, 11) is 0. The SMILES string of the molecule is CCCCOCCOc1nn(-c2cc(C(=O)NC3CC3)ccc2C)c(N)c1C(=O)C1C=CC=CC1. The average molecular weight is 479 g/mol. The number of hydrogen-bond donors (Lipinski definition) is 2. The highest BCUT2D eigenvalue weighted by atomic mass is 16.5. The Morgan fingerprint density at radius 1 is 1.20 bits per heavy atom. The van der Waals surface area contributed by atoms with Crippen LogP contribution in [0.15, 0.2) is 42.5 Å². The Labute approximate surface area is 206 Å². The van der Waals surface area contributed by atoms with Gasteiger partial charge in [0.05, 0.1) is 12.3 Å². The second-order valence-electron chi connectivity index (χ2n) is 9.06. The maximum atomic E-state index is 13.5. The molecule has 1 amide bonds. The number of amides is 1. The Hall–Kier alpha value is -3.39. The molecule has 1 saturated carbocycles. The Kier molecular flexibility index (Phi) is 8.02. The first-order chi connectivity index (χ1) is 17.0. The third kappa shape index (κ3) is 6.00. The first kappa shape index (κ1) is 24.7. The van der Waals surface area contributed by atoms with Gasteiger partial charge in [-0.25, -0.2) is 4.68 Å². The minimum Gasteiger partial charge on any atom is -0.474 e. The van der Waals surface area contributed by atoms with Crippen LogP contribution in [0.1, 0.15) is 65.3 Å². The molecule has 2 aliphatic rings. The maximum Gasteiger partial charge on any atom is 0.251 e. The van der Waals surface area contributed by atoms with Crippen molar-refractivity contribution in [2.45, 2.75) is 52.0 Å². The molecule has 186 valence electrons. The summed E-state index contributed by atoms with van der Waals surface area (Å²) in [4.78, 5) is 26.1. The van der Waals surface area contributed by atoms with Gasteiger partial charge in [0.1, 0.15) is 18.0 Å². The van der Waals surface area contributed by atoms with Crippen molar-refractivity contribution in [2.24, 2.45) is 5.92 Å². The van der Waals surface area contributed by atoms with E-state index < -0.39 is 0 Å². The van der Waals surface area contributed by atoms with Crippen LogP contribution < -0.4 is 15.8 Å². The molecule has 0 bridgehead atoms. The number of carbonyl (C=O) groups is 2. The molecule has 4 rings (SSSR count). The number of hydrogen-bond acceptors (Lipinski definition) is 6. The first-order valence-electron chi connectivity index (χ1n) is 12.4. The van der Waals surface area contributed by atoms with Crippen molar-refractivity contribution in [1.29, 1.82) is 0 Å². The van der Waals surface area contributed by atoms with E-state index in [1.165, 1.54) is 4.68 Å². The van der Waals surface area contributed by atoms with Crippen LogP contribution in [0.3, 0.4) is 0 Å². The number of benzene rings is 1. The van der Waals surface area contributed by atoms with E-state index in [1.54, 1.807) is 12.1 Å². The van der Waals surface area contributed by atoms with E-state index >= 15 is 0 Å². The van der Waals surface area contributed by atoms with E-state index in [9.17, 15) is 9.59 Å². The monoisotopic (exact) mass is 478 g/mol. The van der Waals surface area contributed by atoms with Gasteiger partial charge in [-0.05, 0) is 50.3 Å². The fourth-order valence-electron chi connectivity index (χ4n) is 3.91. The molecule has 0 radical (unpaired) electrons. The van der Waals surface area contributed by atoms with Gasteiger partial charge in [-0.15, -0.1) is 5.10 Å². The largest absolute Gasteiger partial charge is 0.474 e. The zero-order valence-electron chi connectivity index (χ0n) is 20.5. The molecule has 3 N–H and O–H groups in total. The summed E-state index contributed by atoms with van der Waals surface area (Å²) in [6.07, 6.45) is 12.3. The number of rotatable bonds is 12. The molecular weight excluding hydrogens is 444 g/mol. The number of anilines is 1. The molecule has 1 atom stereocenters. The molecule has 2 aromatic rings. The number of aromatic nitrogens is 2. The molecule has 35 heavy (non-hydrogen) atoms. The topological polar surface area (TPSA) is 108 Å². The molecule has 2 aliphatic carbocycles. The Bertz CT molecular complexity index is 1130. The van der Waals surface area contributed by atoms with E-state index in [4.69, 9.17) is 15.2 Å². The number of aryl methyl sites for hydroxylation is 1. The molecule has 0 saturated heterocycles. The number of nitrogen functional groups attached to an aromatic ring is 1. The summed E-state index contributed by atoms with van der Waals surface area (Å²) >= 11 is 0. The Morgan fingerprint density at radius 2 is 2.03 bits per heavy atom. The van der Waals surface area contributed by atoms with Gasteiger partial charge >= 0.3 is 0 Å². The number of unbranched alkanes of at least 4 members (excludes halogenated alkanes) is 1. The van der Waals surface area contributed by atoms with Gasteiger partial charge in [0.2, 0.25) is 5.88 Å². The lowest BCUT2D eigenvalue weighted by Gasteiger charge is -2.13. The second kappa shape index (κ2) is 11.4. The van der Waals surface area contributed by atoms with Crippen LogP contribution in [0.2, 0.25) is 0 Å². The van der Waals surface area contributed by atoms with Crippen LogP contribution in [-0.2, 0) is 4.74 Å². The highest BCUT2D eigenvalue weighted by molar-refractivity contribution is 6.05. The van der Waals surface area contributed by atoms with Gasteiger partial charge in [-0.2, -0.15) is 0 Å². The van der Waals surface area contributed by atoms with E-state index in [0.717, 1.165) is 31.2 Å². The van der Waals surface area contributed by atoms with Gasteiger partial charge in [-0.1, -0.05) is 43.7 Å². The zero-order valence-corrected chi connectivity index (χ0v) is 20.5. The predicted octanol–water partition coefficient (Wildman–Crippen LogP) is 4.17. The summed E-state index contributed by atoms with van der Waals surface area (Å²) < 4.78 is 13.0. The molecule has 0 aliphatic heterocycles. The third-order valence-electron chi connectivity index (χ3n) is 6.17. The summed E-state index contributed by atoms with van der Waals surface area (Å²) in [5, 5.41) is 7.59. The van der Waals surface area contributed by atoms with Crippen molar-refractivity contribution in [3.05, 3.63) is 59.2 Å². The zero-order chi connectivity index (χ0) is 24.8. The lowest BCUT2D eigenvalue weighted by atomic mass is 9.92. The minimum atomic E-state index is -0.333. The third-order valence-corrected chi connectivity index (χ3v) is 6.17. The molecule has 1 heterocycles. The van der Waals surface area contributed by atoms with Crippen molar-refractivity contribution < 1.29 is 19.1 Å². The minimum absolute atomic E-state index is 0.129. The predicted molar refractivity (Wildman–Crippen MR) is 135 cm³/mol. The quantitative estimate of drug-likeness (QED) is 0.350. The summed E-state index contributed by atoms with van der Waals surface area (Å²) in [5.41, 5.74) is 8.81. The Morgan fingerprint density at radius 3 is 2.74 bits per heavy atom. The lowest BCUT2D eigenvalue weighted by molar-refractivity contribution is 0.0905. The number of ketones is 1. The molecule has 1 unspecified atom stereocenters. The van der Waals surface area contributed by atoms with Gasteiger partial charge in [-0.3, -0.25) is 9.59 Å². The molecule has 1 fully saturated rings. The van der Waals surface area contributed by atoms with E-state index in [1.807, 2.05) is 37.3 Å². The van der Waals surface area contributed by atoms with Crippen LogP contribution in [0.5, 0.6) is 5.88 Å². The van der Waals surface area contributed by atoms with Crippen LogP contribution in [-0.4, -0.2) is 47.3 Å². The fourth-order valence-corrected chi connectivity index (χ4v) is 3.91. The van der Waals surface area contributed by atoms with E-state index in [2.05, 4.69) is 17.3 Å². The average Bonchev–Trinajstić information content (AvgIpc) is 3.63. The van der Waals surface area contributed by atoms with Gasteiger partial charge in [0.25, 0.3) is 5.91 Å². The number of nitrogens with one attached hydrogen (secondary N) is 1. The highest BCUT2D eigenvalue weighted by Crippen LogP contribution is 2.32. The van der Waals surface area contributed by atoms with Gasteiger partial charge < -0.3 is 20.5 Å². The van der Waals surface area contributed by atoms with E-state index in [-0.39, 0.29) is 47.5 Å². The number of Topliss-reactive ketones (excluding diaryl/α,β-unsaturated/α-hetero) is 1. The van der Waals surface area contributed by atoms with E-state index in [0.29, 0.717) is 30.9 Å². The second-order valence-corrected chi connectivity index (χ2v) is 9.06. The van der Waals surface area contributed by atoms with Crippen molar-refractivity contribution in [3.63, 3.8) is 0 Å². The van der Waals surface area contributed by atoms with Crippen molar-refractivity contribution in [2.75, 3.05) is 25.6 Å². The molecule has 1 aromatic carbocycles. The first-order valence-corrected chi connectivity index (χ1v) is 12.4. The molecule has 8 nitrogen and oxygen atoms in total. The summed E-state index contributed by atoms with van der Waals surface area (Å²) in [6, 6.07) is 5.65.